The second-order valence-electron chi connectivity index (χ2n) is 0.285. The topological polar surface area (TPSA) is 9.23 Å². The van der Waals surface area contributed by atoms with Gasteiger partial charge in [-0.05, 0) is 12.0 Å². The minimum atomic E-state index is 1.25. The van der Waals surface area contributed by atoms with Crippen LogP contribution in [0.4, 0.5) is 0 Å². The van der Waals surface area contributed by atoms with E-state index >= 15 is 0 Å². The Morgan fingerprint density at radius 3 is 2.25 bits per heavy atom. The van der Waals surface area contributed by atoms with Crippen LogP contribution >= 0.6 is 12.0 Å². The van der Waals surface area contributed by atoms with E-state index in [-0.39, 0.29) is 0 Å². The van der Waals surface area contributed by atoms with Gasteiger partial charge < -0.3 is 4.18 Å². The Balaban J connectivity index is 1.97. The first-order valence-corrected chi connectivity index (χ1v) is 2.01. The summed E-state index contributed by atoms with van der Waals surface area (Å²) in [6.07, 6.45) is 1.81. The van der Waals surface area contributed by atoms with Crippen molar-refractivity contribution < 1.29 is 4.18 Å². The van der Waals surface area contributed by atoms with E-state index in [0.717, 1.165) is 0 Å². The summed E-state index contributed by atoms with van der Waals surface area (Å²) >= 11 is 1.25. The zero-order valence-electron chi connectivity index (χ0n) is 2.52. The van der Waals surface area contributed by atoms with Gasteiger partial charge in [-0.25, -0.2) is 0 Å². The molecule has 0 saturated heterocycles. The van der Waals surface area contributed by atoms with Crippen molar-refractivity contribution in [3.8, 4) is 0 Å². The Bertz CT molecular complexity index is 8.00. The van der Waals surface area contributed by atoms with Crippen molar-refractivity contribution >= 4 is 12.0 Å². The molecule has 0 amide bonds. The molecular weight excluding hydrogens is 72.1 g/mol. The van der Waals surface area contributed by atoms with Gasteiger partial charge in [-0.2, -0.15) is 0 Å². The molecule has 0 N–H and O–H groups in total. The van der Waals surface area contributed by atoms with E-state index < -0.39 is 0 Å². The molecule has 0 atom stereocenters. The van der Waals surface area contributed by atoms with E-state index in [1.807, 2.05) is 6.26 Å². The molecule has 0 aromatic carbocycles. The van der Waals surface area contributed by atoms with E-state index in [2.05, 4.69) is 11.3 Å². The predicted octanol–water partition coefficient (Wildman–Crippen LogP) is 1.07. The Morgan fingerprint density at radius 1 is 2.00 bits per heavy atom. The van der Waals surface area contributed by atoms with Crippen LogP contribution in [0, 0.1) is 7.11 Å². The molecule has 0 fully saturated rings. The summed E-state index contributed by atoms with van der Waals surface area (Å²) in [5, 5.41) is 0. The highest BCUT2D eigenvalue weighted by molar-refractivity contribution is 7.93. The van der Waals surface area contributed by atoms with Gasteiger partial charge in [0.1, 0.15) is 0 Å². The van der Waals surface area contributed by atoms with Gasteiger partial charge in [-0.3, -0.25) is 0 Å². The molecule has 1 nitrogen and oxygen atoms in total. The van der Waals surface area contributed by atoms with Crippen molar-refractivity contribution in [1.82, 2.24) is 0 Å². The van der Waals surface area contributed by atoms with Crippen molar-refractivity contribution in [1.29, 1.82) is 0 Å². The Kier molecular flexibility index (Phi) is 3.57. The van der Waals surface area contributed by atoms with Gasteiger partial charge >= 0.3 is 0 Å². The minimum absolute atomic E-state index is 1.25. The molecule has 0 spiro atoms. The zero-order chi connectivity index (χ0) is 3.41. The molecule has 25 valence electrons. The fraction of sp³-hybridized carbons (Fsp3) is 0.500. The molecule has 0 aliphatic rings. The highest BCUT2D eigenvalue weighted by Gasteiger charge is 1.52. The van der Waals surface area contributed by atoms with E-state index in [4.69, 9.17) is 0 Å². The fourth-order valence-electron chi connectivity index (χ4n) is 0. The maximum atomic E-state index is 4.21. The van der Waals surface area contributed by atoms with Crippen molar-refractivity contribution in [2.45, 2.75) is 0 Å². The molecule has 1 radical (unpaired) electrons. The van der Waals surface area contributed by atoms with Crippen LogP contribution in [0.1, 0.15) is 0 Å². The van der Waals surface area contributed by atoms with Gasteiger partial charge in [-0.15, -0.1) is 0 Å². The first-order valence-electron chi connectivity index (χ1n) is 0.864. The largest absolute Gasteiger partial charge is 0.313 e. The Hall–Kier alpha value is 0.310. The van der Waals surface area contributed by atoms with Gasteiger partial charge in [0.05, 0.1) is 7.11 Å². The minimum Gasteiger partial charge on any atom is -0.313 e. The molecular formula is C2H5OS. The summed E-state index contributed by atoms with van der Waals surface area (Å²) in [6.45, 7) is 0. The van der Waals surface area contributed by atoms with Crippen LogP contribution in [-0.2, 0) is 4.18 Å². The van der Waals surface area contributed by atoms with Crippen LogP contribution in [0.2, 0.25) is 0 Å². The summed E-state index contributed by atoms with van der Waals surface area (Å²) in [4.78, 5) is 0. The average Bonchev–Trinajstić information content (AvgIpc) is 1.37. The van der Waals surface area contributed by atoms with Gasteiger partial charge in [-0.1, -0.05) is 0 Å². The van der Waals surface area contributed by atoms with Crippen molar-refractivity contribution in [3.05, 3.63) is 7.11 Å². The predicted molar refractivity (Wildman–Crippen MR) is 20.0 cm³/mol. The summed E-state index contributed by atoms with van der Waals surface area (Å²) in [5.74, 6) is 0. The molecule has 0 bridgehead atoms. The normalized spacial score (nSPS) is 7.50. The maximum Gasteiger partial charge on any atom is 0.0860 e. The molecule has 0 saturated carbocycles. The average molecular weight is 77.1 g/mol. The summed E-state index contributed by atoms with van der Waals surface area (Å²) in [7, 11) is 3.07. The lowest BCUT2D eigenvalue weighted by atomic mass is 11.8. The van der Waals surface area contributed by atoms with Crippen LogP contribution in [0.3, 0.4) is 0 Å². The van der Waals surface area contributed by atoms with Crippen molar-refractivity contribution in [2.75, 3.05) is 6.26 Å². The molecule has 0 unspecified atom stereocenters. The van der Waals surface area contributed by atoms with Crippen molar-refractivity contribution in [3.63, 3.8) is 0 Å². The van der Waals surface area contributed by atoms with Gasteiger partial charge in [0, 0.05) is 6.26 Å². The van der Waals surface area contributed by atoms with Crippen molar-refractivity contribution in [2.24, 2.45) is 0 Å². The van der Waals surface area contributed by atoms with Gasteiger partial charge in [0.2, 0.25) is 0 Å². The van der Waals surface area contributed by atoms with E-state index in [0.29, 0.717) is 0 Å². The van der Waals surface area contributed by atoms with Gasteiger partial charge in [0.15, 0.2) is 0 Å². The molecule has 0 aromatic rings. The quantitative estimate of drug-likeness (QED) is 0.433. The lowest BCUT2D eigenvalue weighted by Gasteiger charge is -1.73. The second-order valence-corrected chi connectivity index (χ2v) is 0.854. The summed E-state index contributed by atoms with van der Waals surface area (Å²) < 4.78 is 4.21. The number of hydrogen-bond donors (Lipinski definition) is 0. The fourth-order valence-corrected chi connectivity index (χ4v) is 0. The highest BCUT2D eigenvalue weighted by atomic mass is 32.2. The summed E-state index contributed by atoms with van der Waals surface area (Å²) in [6, 6.07) is 0. The molecule has 0 aromatic heterocycles. The highest BCUT2D eigenvalue weighted by Crippen LogP contribution is 1.86. The molecule has 0 heterocycles. The van der Waals surface area contributed by atoms with E-state index in [9.17, 15) is 0 Å². The standard InChI is InChI=1S/C2H5OS/c1-3-4-2/h1H2,2H3. The van der Waals surface area contributed by atoms with E-state index in [1.165, 1.54) is 12.0 Å². The Morgan fingerprint density at radius 2 is 2.25 bits per heavy atom. The Labute approximate surface area is 30.5 Å². The molecule has 4 heavy (non-hydrogen) atoms. The zero-order valence-corrected chi connectivity index (χ0v) is 3.34. The smallest absolute Gasteiger partial charge is 0.0860 e. The monoisotopic (exact) mass is 77.0 g/mol. The lowest BCUT2D eigenvalue weighted by Crippen LogP contribution is -1.47. The van der Waals surface area contributed by atoms with E-state index in [1.54, 1.807) is 0 Å². The molecule has 0 aliphatic heterocycles. The van der Waals surface area contributed by atoms with Crippen LogP contribution in [0.5, 0.6) is 0 Å². The lowest BCUT2D eigenvalue weighted by molar-refractivity contribution is 0.560. The van der Waals surface area contributed by atoms with Gasteiger partial charge in [0.25, 0.3) is 0 Å². The SMILES string of the molecule is [CH2]OSC. The van der Waals surface area contributed by atoms with Crippen LogP contribution in [-0.4, -0.2) is 6.26 Å². The maximum absolute atomic E-state index is 4.21. The first-order chi connectivity index (χ1) is 1.91. The number of rotatable bonds is 1. The molecule has 0 aliphatic carbocycles. The third-order valence-corrected chi connectivity index (χ3v) is 0.354. The molecule has 2 heteroatoms. The third kappa shape index (κ3) is 2.31. The third-order valence-electron chi connectivity index (χ3n) is 0.118. The summed E-state index contributed by atoms with van der Waals surface area (Å²) in [5.41, 5.74) is 0. The van der Waals surface area contributed by atoms with Crippen LogP contribution < -0.4 is 0 Å². The number of hydrogen-bond acceptors (Lipinski definition) is 2. The first kappa shape index (κ1) is 4.31. The molecule has 0 rings (SSSR count). The van der Waals surface area contributed by atoms with Crippen LogP contribution in [0.25, 0.3) is 0 Å². The van der Waals surface area contributed by atoms with Crippen LogP contribution in [0.15, 0.2) is 0 Å². The second kappa shape index (κ2) is 3.31.